The van der Waals surface area contributed by atoms with E-state index in [1.807, 2.05) is 32.3 Å². The summed E-state index contributed by atoms with van der Waals surface area (Å²) in [5.41, 5.74) is 1.11. The van der Waals surface area contributed by atoms with Crippen molar-refractivity contribution in [1.29, 1.82) is 0 Å². The molecule has 1 aliphatic carbocycles. The lowest BCUT2D eigenvalue weighted by molar-refractivity contribution is -0.132. The zero-order valence-electron chi connectivity index (χ0n) is 13.2. The standard InChI is InChI=1S/C16H24N2O3/c1-11(17-2)12-5-8-14(15(9-12)20-4)21-10-16(19)18(3)13-6-7-13/h5,8-9,11,13,17H,6-7,10H2,1-4H3. The van der Waals surface area contributed by atoms with Crippen molar-refractivity contribution in [3.8, 4) is 11.5 Å². The average Bonchev–Trinajstić information content (AvgIpc) is 3.35. The van der Waals surface area contributed by atoms with Crippen LogP contribution in [-0.2, 0) is 4.79 Å². The molecule has 0 aliphatic heterocycles. The van der Waals surface area contributed by atoms with Gasteiger partial charge in [0, 0.05) is 19.1 Å². The number of methoxy groups -OCH3 is 1. The molecule has 1 aliphatic rings. The first-order valence-corrected chi connectivity index (χ1v) is 7.30. The summed E-state index contributed by atoms with van der Waals surface area (Å²) in [6.45, 7) is 2.12. The SMILES string of the molecule is CNC(C)c1ccc(OCC(=O)N(C)C2CC2)c(OC)c1. The number of ether oxygens (including phenoxy) is 2. The molecular formula is C16H24N2O3. The lowest BCUT2D eigenvalue weighted by Crippen LogP contribution is -2.33. The van der Waals surface area contributed by atoms with Crippen LogP contribution < -0.4 is 14.8 Å². The first-order valence-electron chi connectivity index (χ1n) is 7.30. The number of likely N-dealkylation sites (N-methyl/N-ethyl adjacent to an activating group) is 1. The molecular weight excluding hydrogens is 268 g/mol. The first-order chi connectivity index (χ1) is 10.1. The van der Waals surface area contributed by atoms with E-state index in [4.69, 9.17) is 9.47 Å². The molecule has 0 bridgehead atoms. The highest BCUT2D eigenvalue weighted by Gasteiger charge is 2.29. The lowest BCUT2D eigenvalue weighted by atomic mass is 10.1. The van der Waals surface area contributed by atoms with E-state index < -0.39 is 0 Å². The molecule has 1 saturated carbocycles. The van der Waals surface area contributed by atoms with Crippen molar-refractivity contribution >= 4 is 5.91 Å². The van der Waals surface area contributed by atoms with Gasteiger partial charge in [-0.25, -0.2) is 0 Å². The molecule has 2 rings (SSSR count). The van der Waals surface area contributed by atoms with Crippen LogP contribution in [0.15, 0.2) is 18.2 Å². The van der Waals surface area contributed by atoms with E-state index >= 15 is 0 Å². The van der Waals surface area contributed by atoms with Crippen molar-refractivity contribution in [2.24, 2.45) is 0 Å². The second-order valence-corrected chi connectivity index (χ2v) is 5.45. The van der Waals surface area contributed by atoms with Crippen LogP contribution in [0.25, 0.3) is 0 Å². The van der Waals surface area contributed by atoms with Gasteiger partial charge >= 0.3 is 0 Å². The van der Waals surface area contributed by atoms with Gasteiger partial charge in [0.05, 0.1) is 7.11 Å². The maximum atomic E-state index is 12.0. The Morgan fingerprint density at radius 3 is 2.71 bits per heavy atom. The summed E-state index contributed by atoms with van der Waals surface area (Å²) in [4.78, 5) is 13.7. The highest BCUT2D eigenvalue weighted by atomic mass is 16.5. The number of amides is 1. The van der Waals surface area contributed by atoms with Gasteiger partial charge in [-0.05, 0) is 44.5 Å². The van der Waals surface area contributed by atoms with Crippen molar-refractivity contribution in [2.75, 3.05) is 27.8 Å². The maximum Gasteiger partial charge on any atom is 0.260 e. The molecule has 0 aromatic heterocycles. The zero-order chi connectivity index (χ0) is 15.4. The van der Waals surface area contributed by atoms with Gasteiger partial charge in [0.1, 0.15) is 0 Å². The fourth-order valence-corrected chi connectivity index (χ4v) is 2.15. The largest absolute Gasteiger partial charge is 0.493 e. The fraction of sp³-hybridized carbons (Fsp3) is 0.562. The van der Waals surface area contributed by atoms with Gasteiger partial charge in [0.2, 0.25) is 0 Å². The fourth-order valence-electron chi connectivity index (χ4n) is 2.15. The van der Waals surface area contributed by atoms with E-state index in [1.54, 1.807) is 12.0 Å². The van der Waals surface area contributed by atoms with Crippen LogP contribution in [0.3, 0.4) is 0 Å². The molecule has 1 unspecified atom stereocenters. The number of carbonyl (C=O) groups excluding carboxylic acids is 1. The van der Waals surface area contributed by atoms with E-state index in [2.05, 4.69) is 12.2 Å². The van der Waals surface area contributed by atoms with Gasteiger partial charge in [-0.3, -0.25) is 4.79 Å². The van der Waals surface area contributed by atoms with Gasteiger partial charge in [-0.15, -0.1) is 0 Å². The molecule has 5 heteroatoms. The van der Waals surface area contributed by atoms with Crippen LogP contribution >= 0.6 is 0 Å². The minimum atomic E-state index is 0.00669. The van der Waals surface area contributed by atoms with Gasteiger partial charge in [-0.1, -0.05) is 6.07 Å². The van der Waals surface area contributed by atoms with Crippen molar-refractivity contribution < 1.29 is 14.3 Å². The molecule has 1 aromatic rings. The Balaban J connectivity index is 2.00. The molecule has 1 amide bonds. The summed E-state index contributed by atoms with van der Waals surface area (Å²) < 4.78 is 11.0. The van der Waals surface area contributed by atoms with E-state index in [0.717, 1.165) is 18.4 Å². The molecule has 0 spiro atoms. The normalized spacial score (nSPS) is 15.4. The number of nitrogens with one attached hydrogen (secondary N) is 1. The summed E-state index contributed by atoms with van der Waals surface area (Å²) in [5, 5.41) is 3.18. The molecule has 1 aromatic carbocycles. The second kappa shape index (κ2) is 6.80. The van der Waals surface area contributed by atoms with E-state index in [0.29, 0.717) is 17.5 Å². The van der Waals surface area contributed by atoms with E-state index in [-0.39, 0.29) is 18.6 Å². The zero-order valence-corrected chi connectivity index (χ0v) is 13.2. The Bertz CT molecular complexity index is 500. The summed E-state index contributed by atoms with van der Waals surface area (Å²) >= 11 is 0. The molecule has 1 fully saturated rings. The molecule has 21 heavy (non-hydrogen) atoms. The smallest absolute Gasteiger partial charge is 0.260 e. The highest BCUT2D eigenvalue weighted by Crippen LogP contribution is 2.30. The lowest BCUT2D eigenvalue weighted by Gasteiger charge is -2.18. The Morgan fingerprint density at radius 1 is 1.43 bits per heavy atom. The summed E-state index contributed by atoms with van der Waals surface area (Å²) in [5.74, 6) is 1.26. The van der Waals surface area contributed by atoms with Crippen LogP contribution in [0.2, 0.25) is 0 Å². The molecule has 0 heterocycles. The van der Waals surface area contributed by atoms with E-state index in [9.17, 15) is 4.79 Å². The van der Waals surface area contributed by atoms with Gasteiger partial charge in [0.15, 0.2) is 18.1 Å². The maximum absolute atomic E-state index is 12.0. The quantitative estimate of drug-likeness (QED) is 0.835. The van der Waals surface area contributed by atoms with Crippen LogP contribution in [-0.4, -0.2) is 44.7 Å². The van der Waals surface area contributed by atoms with Crippen molar-refractivity contribution in [3.63, 3.8) is 0 Å². The minimum Gasteiger partial charge on any atom is -0.493 e. The molecule has 1 N–H and O–H groups in total. The Hall–Kier alpha value is -1.75. The first kappa shape index (κ1) is 15.6. The number of benzene rings is 1. The van der Waals surface area contributed by atoms with Crippen molar-refractivity contribution in [3.05, 3.63) is 23.8 Å². The topological polar surface area (TPSA) is 50.8 Å². The second-order valence-electron chi connectivity index (χ2n) is 5.45. The van der Waals surface area contributed by atoms with Crippen LogP contribution in [0.1, 0.15) is 31.4 Å². The molecule has 0 saturated heterocycles. The number of hydrogen-bond acceptors (Lipinski definition) is 4. The van der Waals surface area contributed by atoms with Gasteiger partial charge < -0.3 is 19.7 Å². The monoisotopic (exact) mass is 292 g/mol. The summed E-state index contributed by atoms with van der Waals surface area (Å²) in [7, 11) is 5.35. The molecule has 116 valence electrons. The molecule has 1 atom stereocenters. The van der Waals surface area contributed by atoms with Crippen LogP contribution in [0, 0.1) is 0 Å². The minimum absolute atomic E-state index is 0.00669. The number of hydrogen-bond donors (Lipinski definition) is 1. The predicted octanol–water partition coefficient (Wildman–Crippen LogP) is 1.98. The van der Waals surface area contributed by atoms with Gasteiger partial charge in [-0.2, -0.15) is 0 Å². The highest BCUT2D eigenvalue weighted by molar-refractivity contribution is 5.78. The summed E-state index contributed by atoms with van der Waals surface area (Å²) in [6.07, 6.45) is 2.20. The van der Waals surface area contributed by atoms with E-state index in [1.165, 1.54) is 0 Å². The third-order valence-electron chi connectivity index (χ3n) is 3.96. The van der Waals surface area contributed by atoms with Crippen LogP contribution in [0.5, 0.6) is 11.5 Å². The number of rotatable bonds is 7. The number of carbonyl (C=O) groups is 1. The van der Waals surface area contributed by atoms with Crippen LogP contribution in [0.4, 0.5) is 0 Å². The van der Waals surface area contributed by atoms with Gasteiger partial charge in [0.25, 0.3) is 5.91 Å². The average molecular weight is 292 g/mol. The third-order valence-corrected chi connectivity index (χ3v) is 3.96. The Kier molecular flexibility index (Phi) is 5.07. The molecule has 0 radical (unpaired) electrons. The van der Waals surface area contributed by atoms with Crippen molar-refractivity contribution in [1.82, 2.24) is 10.2 Å². The number of nitrogens with zero attached hydrogens (tertiary/aromatic N) is 1. The Labute approximate surface area is 126 Å². The molecule has 5 nitrogen and oxygen atoms in total. The predicted molar refractivity (Wildman–Crippen MR) is 81.8 cm³/mol. The third kappa shape index (κ3) is 3.88. The van der Waals surface area contributed by atoms with Crippen molar-refractivity contribution in [2.45, 2.75) is 31.8 Å². The Morgan fingerprint density at radius 2 is 2.14 bits per heavy atom. The summed E-state index contributed by atoms with van der Waals surface area (Å²) in [6, 6.07) is 6.41.